The Morgan fingerprint density at radius 1 is 1.15 bits per heavy atom. The second kappa shape index (κ2) is 6.49. The van der Waals surface area contributed by atoms with Crippen LogP contribution >= 0.6 is 23.2 Å². The fraction of sp³-hybridized carbons (Fsp3) is 0.250. The first-order valence-corrected chi connectivity index (χ1v) is 7.08. The van der Waals surface area contributed by atoms with E-state index in [1.54, 1.807) is 25.1 Å². The van der Waals surface area contributed by atoms with Crippen molar-refractivity contribution in [2.45, 2.75) is 26.6 Å². The van der Waals surface area contributed by atoms with Crippen molar-refractivity contribution in [3.63, 3.8) is 0 Å². The fourth-order valence-electron chi connectivity index (χ4n) is 1.90. The molecular formula is C16H16Cl2O2. The monoisotopic (exact) mass is 310 g/mol. The standard InChI is InChI=1S/C16H16Cl2O2/c1-10-3-4-12(15(18)7-10)9-20-16-6-5-13(17)8-14(16)11(2)19/h3-8,11,19H,9H2,1-2H3/t11-/m1/s1. The molecule has 0 saturated heterocycles. The van der Waals surface area contributed by atoms with Crippen LogP contribution in [0.25, 0.3) is 0 Å². The van der Waals surface area contributed by atoms with Crippen LogP contribution in [0.5, 0.6) is 5.75 Å². The Morgan fingerprint density at radius 3 is 2.55 bits per heavy atom. The third-order valence-electron chi connectivity index (χ3n) is 3.01. The van der Waals surface area contributed by atoms with E-state index in [2.05, 4.69) is 0 Å². The van der Waals surface area contributed by atoms with Crippen LogP contribution in [-0.4, -0.2) is 5.11 Å². The highest BCUT2D eigenvalue weighted by Gasteiger charge is 2.11. The SMILES string of the molecule is Cc1ccc(COc2ccc(Cl)cc2[C@@H](C)O)c(Cl)c1. The van der Waals surface area contributed by atoms with E-state index in [-0.39, 0.29) is 0 Å². The van der Waals surface area contributed by atoms with Gasteiger partial charge in [0, 0.05) is 21.2 Å². The summed E-state index contributed by atoms with van der Waals surface area (Å²) in [4.78, 5) is 0. The second-order valence-corrected chi connectivity index (χ2v) is 5.59. The molecular weight excluding hydrogens is 295 g/mol. The lowest BCUT2D eigenvalue weighted by Crippen LogP contribution is -2.01. The third-order valence-corrected chi connectivity index (χ3v) is 3.60. The van der Waals surface area contributed by atoms with E-state index < -0.39 is 6.10 Å². The van der Waals surface area contributed by atoms with Crippen molar-refractivity contribution in [2.75, 3.05) is 0 Å². The molecule has 2 aromatic carbocycles. The Kier molecular flexibility index (Phi) is 4.92. The van der Waals surface area contributed by atoms with Crippen molar-refractivity contribution in [3.8, 4) is 5.75 Å². The van der Waals surface area contributed by atoms with E-state index in [4.69, 9.17) is 27.9 Å². The molecule has 1 N–H and O–H groups in total. The minimum atomic E-state index is -0.641. The molecule has 0 bridgehead atoms. The molecule has 0 aliphatic heterocycles. The third kappa shape index (κ3) is 3.66. The molecule has 0 spiro atoms. The lowest BCUT2D eigenvalue weighted by atomic mass is 10.1. The molecule has 0 amide bonds. The summed E-state index contributed by atoms with van der Waals surface area (Å²) in [5.41, 5.74) is 2.68. The van der Waals surface area contributed by atoms with Gasteiger partial charge in [-0.05, 0) is 43.7 Å². The van der Waals surface area contributed by atoms with Crippen LogP contribution in [0.4, 0.5) is 0 Å². The van der Waals surface area contributed by atoms with Crippen LogP contribution in [0, 0.1) is 6.92 Å². The predicted molar refractivity (Wildman–Crippen MR) is 82.6 cm³/mol. The number of aliphatic hydroxyl groups is 1. The largest absolute Gasteiger partial charge is 0.488 e. The smallest absolute Gasteiger partial charge is 0.125 e. The van der Waals surface area contributed by atoms with Crippen LogP contribution in [0.1, 0.15) is 29.7 Å². The lowest BCUT2D eigenvalue weighted by molar-refractivity contribution is 0.190. The van der Waals surface area contributed by atoms with Crippen LogP contribution in [0.3, 0.4) is 0 Å². The first-order valence-electron chi connectivity index (χ1n) is 6.32. The Balaban J connectivity index is 2.18. The highest BCUT2D eigenvalue weighted by atomic mass is 35.5. The van der Waals surface area contributed by atoms with Gasteiger partial charge >= 0.3 is 0 Å². The van der Waals surface area contributed by atoms with Crippen LogP contribution < -0.4 is 4.74 Å². The summed E-state index contributed by atoms with van der Waals surface area (Å²) in [5.74, 6) is 0.612. The van der Waals surface area contributed by atoms with Gasteiger partial charge in [0.15, 0.2) is 0 Å². The van der Waals surface area contributed by atoms with Gasteiger partial charge in [0.25, 0.3) is 0 Å². The zero-order chi connectivity index (χ0) is 14.7. The molecule has 2 rings (SSSR count). The number of halogens is 2. The van der Waals surface area contributed by atoms with Crippen LogP contribution in [-0.2, 0) is 6.61 Å². The molecule has 2 nitrogen and oxygen atoms in total. The van der Waals surface area contributed by atoms with E-state index >= 15 is 0 Å². The molecule has 0 saturated carbocycles. The van der Waals surface area contributed by atoms with Crippen molar-refractivity contribution >= 4 is 23.2 Å². The molecule has 2 aromatic rings. The van der Waals surface area contributed by atoms with E-state index in [1.807, 2.05) is 25.1 Å². The van der Waals surface area contributed by atoms with Crippen LogP contribution in [0.15, 0.2) is 36.4 Å². The van der Waals surface area contributed by atoms with Gasteiger partial charge in [0.05, 0.1) is 6.10 Å². The number of ether oxygens (including phenoxy) is 1. The average molecular weight is 311 g/mol. The van der Waals surface area contributed by atoms with Gasteiger partial charge in [0.2, 0.25) is 0 Å². The molecule has 4 heteroatoms. The number of rotatable bonds is 4. The predicted octanol–water partition coefficient (Wildman–Crippen LogP) is 4.93. The molecule has 20 heavy (non-hydrogen) atoms. The first-order chi connectivity index (χ1) is 9.47. The molecule has 0 aliphatic rings. The Bertz CT molecular complexity index is 609. The Labute approximate surface area is 128 Å². The van der Waals surface area contributed by atoms with E-state index in [0.717, 1.165) is 11.1 Å². The normalized spacial score (nSPS) is 12.2. The Morgan fingerprint density at radius 2 is 1.90 bits per heavy atom. The quantitative estimate of drug-likeness (QED) is 0.867. The van der Waals surface area contributed by atoms with E-state index in [9.17, 15) is 5.11 Å². The van der Waals surface area contributed by atoms with E-state index in [1.165, 1.54) is 0 Å². The number of hydrogen-bond acceptors (Lipinski definition) is 2. The number of aliphatic hydroxyl groups excluding tert-OH is 1. The molecule has 1 atom stereocenters. The minimum absolute atomic E-state index is 0.348. The summed E-state index contributed by atoms with van der Waals surface area (Å²) in [5, 5.41) is 11.0. The maximum Gasteiger partial charge on any atom is 0.125 e. The van der Waals surface area contributed by atoms with Gasteiger partial charge in [-0.3, -0.25) is 0 Å². The molecule has 0 aliphatic carbocycles. The van der Waals surface area contributed by atoms with Gasteiger partial charge in [-0.1, -0.05) is 35.3 Å². The number of aryl methyl sites for hydroxylation is 1. The summed E-state index contributed by atoms with van der Waals surface area (Å²) in [6.07, 6.45) is -0.641. The van der Waals surface area contributed by atoms with E-state index in [0.29, 0.717) is 28.0 Å². The summed E-state index contributed by atoms with van der Waals surface area (Å²) in [6.45, 7) is 4.01. The molecule has 0 unspecified atom stereocenters. The maximum atomic E-state index is 9.75. The van der Waals surface area contributed by atoms with Crippen molar-refractivity contribution in [3.05, 3.63) is 63.1 Å². The summed E-state index contributed by atoms with van der Waals surface area (Å²) < 4.78 is 5.76. The zero-order valence-corrected chi connectivity index (χ0v) is 12.9. The molecule has 0 radical (unpaired) electrons. The van der Waals surface area contributed by atoms with Gasteiger partial charge in [-0.2, -0.15) is 0 Å². The molecule has 0 aromatic heterocycles. The molecule has 0 heterocycles. The second-order valence-electron chi connectivity index (χ2n) is 4.74. The van der Waals surface area contributed by atoms with Crippen molar-refractivity contribution in [1.82, 2.24) is 0 Å². The number of benzene rings is 2. The highest BCUT2D eigenvalue weighted by molar-refractivity contribution is 6.31. The molecule has 106 valence electrons. The topological polar surface area (TPSA) is 29.5 Å². The first kappa shape index (κ1) is 15.2. The van der Waals surface area contributed by atoms with Crippen molar-refractivity contribution in [1.29, 1.82) is 0 Å². The average Bonchev–Trinajstić information content (AvgIpc) is 2.38. The summed E-state index contributed by atoms with van der Waals surface area (Å²) in [7, 11) is 0. The van der Waals surface area contributed by atoms with Crippen LogP contribution in [0.2, 0.25) is 10.0 Å². The Hall–Kier alpha value is -1.22. The minimum Gasteiger partial charge on any atom is -0.488 e. The highest BCUT2D eigenvalue weighted by Crippen LogP contribution is 2.29. The fourth-order valence-corrected chi connectivity index (χ4v) is 2.37. The summed E-state index contributed by atoms with van der Waals surface area (Å²) in [6, 6.07) is 11.0. The van der Waals surface area contributed by atoms with Crippen molar-refractivity contribution < 1.29 is 9.84 Å². The zero-order valence-electron chi connectivity index (χ0n) is 11.4. The summed E-state index contributed by atoms with van der Waals surface area (Å²) >= 11 is 12.1. The number of hydrogen-bond donors (Lipinski definition) is 1. The van der Waals surface area contributed by atoms with Gasteiger partial charge in [-0.15, -0.1) is 0 Å². The van der Waals surface area contributed by atoms with Gasteiger partial charge in [0.1, 0.15) is 12.4 Å². The maximum absolute atomic E-state index is 9.75. The lowest BCUT2D eigenvalue weighted by Gasteiger charge is -2.14. The van der Waals surface area contributed by atoms with Gasteiger partial charge < -0.3 is 9.84 Å². The van der Waals surface area contributed by atoms with Crippen molar-refractivity contribution in [2.24, 2.45) is 0 Å². The molecule has 0 fully saturated rings. The van der Waals surface area contributed by atoms with Gasteiger partial charge in [-0.25, -0.2) is 0 Å².